The summed E-state index contributed by atoms with van der Waals surface area (Å²) in [4.78, 5) is 15.1. The Morgan fingerprint density at radius 3 is 2.52 bits per heavy atom. The first kappa shape index (κ1) is 21.2. The van der Waals surface area contributed by atoms with Crippen molar-refractivity contribution in [3.05, 3.63) is 41.5 Å². The first-order chi connectivity index (χ1) is 14.0. The zero-order valence-electron chi connectivity index (χ0n) is 17.7. The largest absolute Gasteiger partial charge is 0.492 e. The summed E-state index contributed by atoms with van der Waals surface area (Å²) in [7, 11) is 6.22. The number of carbonyl (C=O) groups is 1. The van der Waals surface area contributed by atoms with E-state index in [-0.39, 0.29) is 5.97 Å². The van der Waals surface area contributed by atoms with Gasteiger partial charge in [-0.15, -0.1) is 0 Å². The van der Waals surface area contributed by atoms with Crippen LogP contribution in [0, 0.1) is 0 Å². The monoisotopic (exact) mass is 393 g/mol. The number of benzene rings is 2. The number of fused-ring (bicyclic) bond motifs is 3. The van der Waals surface area contributed by atoms with E-state index in [1.165, 1.54) is 0 Å². The standard InChI is InChI=1S/C21H22BNO4.C2H6/c1-3-26-20(24)17-14-6-4-5-7-15(14)19-16(8-9-21(2,22)27-19)18(17)23-10-12-25-13-11-23;1-2/h4-9H,3,10-13H2,1-2H3;1-2H3. The van der Waals surface area contributed by atoms with Crippen molar-refractivity contribution < 1.29 is 19.0 Å². The van der Waals surface area contributed by atoms with Gasteiger partial charge in [0.1, 0.15) is 13.6 Å². The molecule has 1 saturated heterocycles. The van der Waals surface area contributed by atoms with Gasteiger partial charge in [0, 0.05) is 29.4 Å². The Kier molecular flexibility index (Phi) is 6.53. The summed E-state index contributed by atoms with van der Waals surface area (Å²) >= 11 is 0. The van der Waals surface area contributed by atoms with Crippen molar-refractivity contribution in [1.29, 1.82) is 0 Å². The molecule has 1 unspecified atom stereocenters. The maximum atomic E-state index is 13.0. The van der Waals surface area contributed by atoms with Gasteiger partial charge in [0.05, 0.1) is 36.6 Å². The fraction of sp³-hybridized carbons (Fsp3) is 0.435. The molecule has 29 heavy (non-hydrogen) atoms. The van der Waals surface area contributed by atoms with Gasteiger partial charge >= 0.3 is 5.97 Å². The van der Waals surface area contributed by atoms with E-state index in [1.54, 1.807) is 0 Å². The van der Waals surface area contributed by atoms with Crippen LogP contribution in [0.3, 0.4) is 0 Å². The smallest absolute Gasteiger partial charge is 0.340 e. The molecule has 0 saturated carbocycles. The number of morpholine rings is 1. The van der Waals surface area contributed by atoms with Gasteiger partial charge in [-0.25, -0.2) is 4.79 Å². The van der Waals surface area contributed by atoms with Crippen LogP contribution >= 0.6 is 0 Å². The van der Waals surface area contributed by atoms with E-state index in [4.69, 9.17) is 22.1 Å². The molecular formula is C23H28BNO4. The summed E-state index contributed by atoms with van der Waals surface area (Å²) in [6, 6.07) is 7.74. The number of ether oxygens (including phenoxy) is 3. The zero-order chi connectivity index (χ0) is 21.0. The fourth-order valence-electron chi connectivity index (χ4n) is 3.71. The summed E-state index contributed by atoms with van der Waals surface area (Å²) in [5, 5.41) is 1.66. The lowest BCUT2D eigenvalue weighted by Gasteiger charge is -2.36. The van der Waals surface area contributed by atoms with Gasteiger partial charge in [0.15, 0.2) is 0 Å². The lowest BCUT2D eigenvalue weighted by molar-refractivity contribution is 0.0528. The van der Waals surface area contributed by atoms with Crippen LogP contribution < -0.4 is 9.64 Å². The van der Waals surface area contributed by atoms with Crippen LogP contribution in [0.1, 0.15) is 43.6 Å². The molecule has 2 radical (unpaired) electrons. The molecule has 2 heterocycles. The van der Waals surface area contributed by atoms with E-state index in [0.29, 0.717) is 44.2 Å². The van der Waals surface area contributed by atoms with E-state index in [0.717, 1.165) is 22.0 Å². The molecule has 1 fully saturated rings. The van der Waals surface area contributed by atoms with Crippen molar-refractivity contribution in [3.8, 4) is 5.75 Å². The molecular weight excluding hydrogens is 365 g/mol. The number of rotatable bonds is 3. The third-order valence-electron chi connectivity index (χ3n) is 4.89. The van der Waals surface area contributed by atoms with Gasteiger partial charge in [-0.05, 0) is 13.8 Å². The van der Waals surface area contributed by atoms with Gasteiger partial charge in [-0.2, -0.15) is 0 Å². The van der Waals surface area contributed by atoms with Crippen LogP contribution in [-0.4, -0.2) is 52.2 Å². The Morgan fingerprint density at radius 2 is 1.86 bits per heavy atom. The van der Waals surface area contributed by atoms with Gasteiger partial charge in [0.2, 0.25) is 0 Å². The molecule has 0 aromatic heterocycles. The van der Waals surface area contributed by atoms with E-state index < -0.39 is 5.50 Å². The van der Waals surface area contributed by atoms with Crippen molar-refractivity contribution in [1.82, 2.24) is 0 Å². The van der Waals surface area contributed by atoms with Crippen molar-refractivity contribution in [2.75, 3.05) is 37.8 Å². The van der Waals surface area contributed by atoms with Crippen LogP contribution in [0.25, 0.3) is 16.8 Å². The van der Waals surface area contributed by atoms with E-state index in [2.05, 4.69) is 4.90 Å². The minimum atomic E-state index is -0.899. The fourth-order valence-corrected chi connectivity index (χ4v) is 3.71. The Labute approximate surface area is 174 Å². The molecule has 0 amide bonds. The average Bonchev–Trinajstić information content (AvgIpc) is 2.74. The van der Waals surface area contributed by atoms with Crippen molar-refractivity contribution in [2.45, 2.75) is 33.2 Å². The summed E-state index contributed by atoms with van der Waals surface area (Å²) in [5.74, 6) is 0.375. The molecule has 4 rings (SSSR count). The normalized spacial score (nSPS) is 20.3. The lowest BCUT2D eigenvalue weighted by atomic mass is 9.80. The minimum Gasteiger partial charge on any atom is -0.492 e. The van der Waals surface area contributed by atoms with Crippen molar-refractivity contribution >= 4 is 36.4 Å². The van der Waals surface area contributed by atoms with Crippen LogP contribution in [0.15, 0.2) is 30.3 Å². The molecule has 152 valence electrons. The molecule has 1 atom stereocenters. The quantitative estimate of drug-likeness (QED) is 0.579. The number of nitrogens with zero attached hydrogens (tertiary/aromatic N) is 1. The van der Waals surface area contributed by atoms with E-state index in [1.807, 2.05) is 64.1 Å². The maximum absolute atomic E-state index is 13.0. The second kappa shape index (κ2) is 8.91. The highest BCUT2D eigenvalue weighted by Crippen LogP contribution is 2.45. The first-order valence-corrected chi connectivity index (χ1v) is 10.3. The Bertz CT molecular complexity index is 917. The predicted octanol–water partition coefficient (Wildman–Crippen LogP) is 4.17. The Hall–Kier alpha value is -2.47. The highest BCUT2D eigenvalue weighted by molar-refractivity contribution is 6.18. The summed E-state index contributed by atoms with van der Waals surface area (Å²) in [6.07, 6.45) is 3.78. The van der Waals surface area contributed by atoms with Gasteiger partial charge < -0.3 is 19.1 Å². The van der Waals surface area contributed by atoms with Crippen LogP contribution in [0.5, 0.6) is 5.75 Å². The molecule has 2 aromatic carbocycles. The molecule has 0 bridgehead atoms. The molecule has 5 nitrogen and oxygen atoms in total. The lowest BCUT2D eigenvalue weighted by Crippen LogP contribution is -2.39. The molecule has 0 spiro atoms. The van der Waals surface area contributed by atoms with Gasteiger partial charge in [0.25, 0.3) is 0 Å². The molecule has 0 N–H and O–H groups in total. The molecule has 2 aromatic rings. The topological polar surface area (TPSA) is 48.0 Å². The van der Waals surface area contributed by atoms with E-state index in [9.17, 15) is 4.79 Å². The Balaban J connectivity index is 0.00000117. The third kappa shape index (κ3) is 4.13. The molecule has 6 heteroatoms. The first-order valence-electron chi connectivity index (χ1n) is 10.3. The summed E-state index contributed by atoms with van der Waals surface area (Å²) in [6.45, 7) is 10.6. The van der Waals surface area contributed by atoms with Crippen LogP contribution in [0.4, 0.5) is 5.69 Å². The number of anilines is 1. The Morgan fingerprint density at radius 1 is 1.21 bits per heavy atom. The number of hydrogen-bond donors (Lipinski definition) is 0. The van der Waals surface area contributed by atoms with Crippen LogP contribution in [-0.2, 0) is 9.47 Å². The zero-order valence-corrected chi connectivity index (χ0v) is 17.7. The van der Waals surface area contributed by atoms with Gasteiger partial charge in [-0.1, -0.05) is 50.3 Å². The number of hydrogen-bond acceptors (Lipinski definition) is 5. The van der Waals surface area contributed by atoms with Gasteiger partial charge in [-0.3, -0.25) is 0 Å². The summed E-state index contributed by atoms with van der Waals surface area (Å²) in [5.41, 5.74) is 1.37. The number of carbonyl (C=O) groups excluding carboxylic acids is 1. The highest BCUT2D eigenvalue weighted by Gasteiger charge is 2.32. The third-order valence-corrected chi connectivity index (χ3v) is 4.89. The second-order valence-corrected chi connectivity index (χ2v) is 6.95. The molecule has 0 aliphatic carbocycles. The van der Waals surface area contributed by atoms with E-state index >= 15 is 0 Å². The minimum absolute atomic E-state index is 0.319. The second-order valence-electron chi connectivity index (χ2n) is 6.95. The van der Waals surface area contributed by atoms with Crippen LogP contribution in [0.2, 0.25) is 0 Å². The average molecular weight is 393 g/mol. The summed E-state index contributed by atoms with van der Waals surface area (Å²) < 4.78 is 17.1. The predicted molar refractivity (Wildman–Crippen MR) is 118 cm³/mol. The number of esters is 1. The SMILES string of the molecule is CC.[B]C1(C)C=Cc2c(N3CCOCC3)c(C(=O)OCC)c3ccccc3c2O1. The van der Waals surface area contributed by atoms with Crippen molar-refractivity contribution in [3.63, 3.8) is 0 Å². The highest BCUT2D eigenvalue weighted by atomic mass is 16.5. The molecule has 2 aliphatic rings. The maximum Gasteiger partial charge on any atom is 0.340 e. The molecule has 2 aliphatic heterocycles. The van der Waals surface area contributed by atoms with Crippen molar-refractivity contribution in [2.24, 2.45) is 0 Å².